The molecule has 0 fully saturated rings. The standard InChI is InChI=1S/C12H18O3/c1-11(2,14)8-5-6-9(10(13)7-8)12(3,4)15/h5-7,13-15H,1-4H3. The van der Waals surface area contributed by atoms with Crippen molar-refractivity contribution in [1.29, 1.82) is 0 Å². The smallest absolute Gasteiger partial charge is 0.122 e. The Bertz CT molecular complexity index is 356. The summed E-state index contributed by atoms with van der Waals surface area (Å²) >= 11 is 0. The summed E-state index contributed by atoms with van der Waals surface area (Å²) in [6, 6.07) is 4.81. The summed E-state index contributed by atoms with van der Waals surface area (Å²) in [5, 5.41) is 29.2. The first-order valence-electron chi connectivity index (χ1n) is 4.91. The molecular formula is C12H18O3. The zero-order valence-electron chi connectivity index (χ0n) is 9.57. The Kier molecular flexibility index (Phi) is 2.81. The van der Waals surface area contributed by atoms with E-state index in [9.17, 15) is 15.3 Å². The molecule has 0 amide bonds. The van der Waals surface area contributed by atoms with Crippen LogP contribution in [0.3, 0.4) is 0 Å². The molecular weight excluding hydrogens is 192 g/mol. The van der Waals surface area contributed by atoms with E-state index in [-0.39, 0.29) is 5.75 Å². The van der Waals surface area contributed by atoms with Crippen molar-refractivity contribution in [3.63, 3.8) is 0 Å². The Hall–Kier alpha value is -1.06. The van der Waals surface area contributed by atoms with Gasteiger partial charge in [0, 0.05) is 5.56 Å². The van der Waals surface area contributed by atoms with Crippen LogP contribution in [0.5, 0.6) is 5.75 Å². The molecule has 15 heavy (non-hydrogen) atoms. The third kappa shape index (κ3) is 2.70. The van der Waals surface area contributed by atoms with Crippen molar-refractivity contribution in [3.05, 3.63) is 29.3 Å². The van der Waals surface area contributed by atoms with Gasteiger partial charge in [0.2, 0.25) is 0 Å². The third-order valence-electron chi connectivity index (χ3n) is 2.36. The maximum atomic E-state index is 9.74. The van der Waals surface area contributed by atoms with Crippen molar-refractivity contribution in [1.82, 2.24) is 0 Å². The number of rotatable bonds is 2. The molecule has 0 unspecified atom stereocenters. The number of phenols is 1. The molecule has 0 aromatic heterocycles. The van der Waals surface area contributed by atoms with Gasteiger partial charge in [-0.05, 0) is 39.3 Å². The monoisotopic (exact) mass is 210 g/mol. The Labute approximate surface area is 90.0 Å². The Morgan fingerprint density at radius 1 is 0.933 bits per heavy atom. The molecule has 0 aliphatic heterocycles. The summed E-state index contributed by atoms with van der Waals surface area (Å²) in [4.78, 5) is 0. The van der Waals surface area contributed by atoms with E-state index in [4.69, 9.17) is 0 Å². The Balaban J connectivity index is 3.21. The van der Waals surface area contributed by atoms with Crippen molar-refractivity contribution < 1.29 is 15.3 Å². The van der Waals surface area contributed by atoms with Crippen LogP contribution in [0.15, 0.2) is 18.2 Å². The normalized spacial score (nSPS) is 12.9. The van der Waals surface area contributed by atoms with Crippen LogP contribution in [0.1, 0.15) is 38.8 Å². The van der Waals surface area contributed by atoms with E-state index in [1.54, 1.807) is 39.8 Å². The van der Waals surface area contributed by atoms with Gasteiger partial charge in [-0.25, -0.2) is 0 Å². The van der Waals surface area contributed by atoms with E-state index in [1.165, 1.54) is 6.07 Å². The predicted octanol–water partition coefficient (Wildman–Crippen LogP) is 1.85. The lowest BCUT2D eigenvalue weighted by molar-refractivity contribution is 0.0719. The lowest BCUT2D eigenvalue weighted by Crippen LogP contribution is -2.18. The number of aromatic hydroxyl groups is 1. The fraction of sp³-hybridized carbons (Fsp3) is 0.500. The van der Waals surface area contributed by atoms with E-state index in [2.05, 4.69) is 0 Å². The van der Waals surface area contributed by atoms with Crippen molar-refractivity contribution in [2.75, 3.05) is 0 Å². The third-order valence-corrected chi connectivity index (χ3v) is 2.36. The van der Waals surface area contributed by atoms with Gasteiger partial charge in [0.15, 0.2) is 0 Å². The molecule has 0 radical (unpaired) electrons. The SMILES string of the molecule is CC(C)(O)c1ccc(C(C)(C)O)c(O)c1. The second-order valence-electron chi connectivity index (χ2n) is 4.85. The maximum Gasteiger partial charge on any atom is 0.122 e. The zero-order valence-corrected chi connectivity index (χ0v) is 9.57. The van der Waals surface area contributed by atoms with Crippen molar-refractivity contribution in [3.8, 4) is 5.75 Å². The number of aliphatic hydroxyl groups is 2. The number of phenolic OH excluding ortho intramolecular Hbond substituents is 1. The molecule has 0 aliphatic rings. The molecule has 84 valence electrons. The molecule has 0 spiro atoms. The molecule has 0 aliphatic carbocycles. The molecule has 1 aromatic rings. The quantitative estimate of drug-likeness (QED) is 0.698. The summed E-state index contributed by atoms with van der Waals surface area (Å²) in [6.45, 7) is 6.49. The van der Waals surface area contributed by atoms with Gasteiger partial charge < -0.3 is 15.3 Å². The molecule has 3 heteroatoms. The van der Waals surface area contributed by atoms with Gasteiger partial charge in [0.05, 0.1) is 11.2 Å². The van der Waals surface area contributed by atoms with Crippen LogP contribution in [-0.4, -0.2) is 15.3 Å². The fourth-order valence-corrected chi connectivity index (χ4v) is 1.43. The van der Waals surface area contributed by atoms with E-state index >= 15 is 0 Å². The lowest BCUT2D eigenvalue weighted by atomic mass is 9.91. The molecule has 3 nitrogen and oxygen atoms in total. The molecule has 3 N–H and O–H groups in total. The summed E-state index contributed by atoms with van der Waals surface area (Å²) < 4.78 is 0. The Morgan fingerprint density at radius 2 is 1.47 bits per heavy atom. The van der Waals surface area contributed by atoms with E-state index < -0.39 is 11.2 Å². The van der Waals surface area contributed by atoms with Gasteiger partial charge in [-0.3, -0.25) is 0 Å². The molecule has 0 bridgehead atoms. The highest BCUT2D eigenvalue weighted by atomic mass is 16.3. The predicted molar refractivity (Wildman–Crippen MR) is 58.6 cm³/mol. The van der Waals surface area contributed by atoms with Crippen molar-refractivity contribution in [2.24, 2.45) is 0 Å². The molecule has 0 saturated carbocycles. The molecule has 0 heterocycles. The number of benzene rings is 1. The molecule has 1 aromatic carbocycles. The van der Waals surface area contributed by atoms with Crippen LogP contribution in [0.25, 0.3) is 0 Å². The number of hydrogen-bond acceptors (Lipinski definition) is 3. The van der Waals surface area contributed by atoms with Crippen LogP contribution < -0.4 is 0 Å². The zero-order chi connectivity index (χ0) is 11.9. The minimum atomic E-state index is -1.08. The highest BCUT2D eigenvalue weighted by molar-refractivity contribution is 5.41. The van der Waals surface area contributed by atoms with Crippen molar-refractivity contribution >= 4 is 0 Å². The minimum absolute atomic E-state index is 0.00197. The molecule has 0 saturated heterocycles. The average Bonchev–Trinajstić information content (AvgIpc) is 1.99. The van der Waals surface area contributed by atoms with Gasteiger partial charge in [-0.15, -0.1) is 0 Å². The summed E-state index contributed by atoms with van der Waals surface area (Å²) in [7, 11) is 0. The van der Waals surface area contributed by atoms with Crippen LogP contribution in [0, 0.1) is 0 Å². The highest BCUT2D eigenvalue weighted by Gasteiger charge is 2.23. The minimum Gasteiger partial charge on any atom is -0.508 e. The van der Waals surface area contributed by atoms with Gasteiger partial charge in [0.1, 0.15) is 5.75 Å². The topological polar surface area (TPSA) is 60.7 Å². The second-order valence-corrected chi connectivity index (χ2v) is 4.85. The lowest BCUT2D eigenvalue weighted by Gasteiger charge is -2.23. The van der Waals surface area contributed by atoms with E-state index in [1.807, 2.05) is 0 Å². The molecule has 1 rings (SSSR count). The van der Waals surface area contributed by atoms with Gasteiger partial charge >= 0.3 is 0 Å². The van der Waals surface area contributed by atoms with E-state index in [0.29, 0.717) is 11.1 Å². The van der Waals surface area contributed by atoms with Gasteiger partial charge in [-0.2, -0.15) is 0 Å². The first-order chi connectivity index (χ1) is 6.62. The Morgan fingerprint density at radius 3 is 1.80 bits per heavy atom. The van der Waals surface area contributed by atoms with Crippen LogP contribution in [0.4, 0.5) is 0 Å². The van der Waals surface area contributed by atoms with Crippen LogP contribution >= 0.6 is 0 Å². The van der Waals surface area contributed by atoms with Gasteiger partial charge in [-0.1, -0.05) is 12.1 Å². The summed E-state index contributed by atoms with van der Waals surface area (Å²) in [6.07, 6.45) is 0. The highest BCUT2D eigenvalue weighted by Crippen LogP contribution is 2.32. The second kappa shape index (κ2) is 3.51. The average molecular weight is 210 g/mol. The van der Waals surface area contributed by atoms with Gasteiger partial charge in [0.25, 0.3) is 0 Å². The maximum absolute atomic E-state index is 9.74. The fourth-order valence-electron chi connectivity index (χ4n) is 1.43. The van der Waals surface area contributed by atoms with Crippen LogP contribution in [0.2, 0.25) is 0 Å². The largest absolute Gasteiger partial charge is 0.508 e. The first kappa shape index (κ1) is 12.0. The summed E-state index contributed by atoms with van der Waals surface area (Å²) in [5.41, 5.74) is -0.999. The van der Waals surface area contributed by atoms with Crippen molar-refractivity contribution in [2.45, 2.75) is 38.9 Å². The van der Waals surface area contributed by atoms with Crippen LogP contribution in [-0.2, 0) is 11.2 Å². The number of hydrogen-bond donors (Lipinski definition) is 3. The summed E-state index contributed by atoms with van der Waals surface area (Å²) in [5.74, 6) is 0.00197. The van der Waals surface area contributed by atoms with E-state index in [0.717, 1.165) is 0 Å². The molecule has 0 atom stereocenters. The first-order valence-corrected chi connectivity index (χ1v) is 4.91.